The van der Waals surface area contributed by atoms with Crippen molar-refractivity contribution in [2.45, 2.75) is 19.3 Å². The van der Waals surface area contributed by atoms with Crippen molar-refractivity contribution in [3.63, 3.8) is 0 Å². The summed E-state index contributed by atoms with van der Waals surface area (Å²) in [6, 6.07) is -0.141. The second kappa shape index (κ2) is 9.11. The molecule has 126 valence electrons. The summed E-state index contributed by atoms with van der Waals surface area (Å²) in [5.74, 6) is -0.229. The van der Waals surface area contributed by atoms with E-state index in [1.807, 2.05) is 0 Å². The minimum Gasteiger partial charge on any atom is -0.469 e. The van der Waals surface area contributed by atoms with Gasteiger partial charge in [-0.2, -0.15) is 0 Å². The molecule has 8 nitrogen and oxygen atoms in total. The third-order valence-electron chi connectivity index (χ3n) is 3.53. The molecule has 0 saturated carbocycles. The fourth-order valence-corrected chi connectivity index (χ4v) is 2.19. The highest BCUT2D eigenvalue weighted by Gasteiger charge is 2.24. The Bertz CT molecular complexity index is 392. The lowest BCUT2D eigenvalue weighted by Crippen LogP contribution is -2.54. The summed E-state index contributed by atoms with van der Waals surface area (Å²) in [7, 11) is 4.80. The molecule has 0 aromatic rings. The topological polar surface area (TPSA) is 82.2 Å². The van der Waals surface area contributed by atoms with Gasteiger partial charge in [0.25, 0.3) is 0 Å². The second-order valence-electron chi connectivity index (χ2n) is 5.42. The van der Waals surface area contributed by atoms with Gasteiger partial charge in [-0.15, -0.1) is 0 Å². The Balaban J connectivity index is 2.17. The number of nitrogens with zero attached hydrogens (tertiary/aromatic N) is 3. The number of carbonyl (C=O) groups is 3. The van der Waals surface area contributed by atoms with Crippen molar-refractivity contribution in [2.24, 2.45) is 0 Å². The first-order valence-electron chi connectivity index (χ1n) is 7.51. The number of hydrogen-bond acceptors (Lipinski definition) is 4. The Morgan fingerprint density at radius 2 is 1.64 bits per heavy atom. The maximum Gasteiger partial charge on any atom is 0.319 e. The van der Waals surface area contributed by atoms with Crippen molar-refractivity contribution in [1.29, 1.82) is 0 Å². The Kier molecular flexibility index (Phi) is 7.48. The van der Waals surface area contributed by atoms with Crippen molar-refractivity contribution in [2.75, 3.05) is 53.9 Å². The number of amides is 4. The normalized spacial score (nSPS) is 14.5. The first kappa shape index (κ1) is 18.1. The first-order chi connectivity index (χ1) is 10.5. The first-order valence-corrected chi connectivity index (χ1v) is 7.51. The van der Waals surface area contributed by atoms with Gasteiger partial charge in [0.1, 0.15) is 0 Å². The Labute approximate surface area is 131 Å². The summed E-state index contributed by atoms with van der Waals surface area (Å²) in [4.78, 5) is 39.7. The van der Waals surface area contributed by atoms with Gasteiger partial charge in [-0.05, 0) is 12.8 Å². The molecule has 0 aliphatic carbocycles. The predicted octanol–water partition coefficient (Wildman–Crippen LogP) is 0.339. The molecule has 1 heterocycles. The molecular weight excluding hydrogens is 288 g/mol. The highest BCUT2D eigenvalue weighted by atomic mass is 16.5. The van der Waals surface area contributed by atoms with Crippen LogP contribution in [0.1, 0.15) is 19.3 Å². The third-order valence-corrected chi connectivity index (χ3v) is 3.53. The van der Waals surface area contributed by atoms with Crippen LogP contribution >= 0.6 is 0 Å². The lowest BCUT2D eigenvalue weighted by Gasteiger charge is -2.35. The molecule has 0 aromatic heterocycles. The molecule has 1 aliphatic heterocycles. The maximum absolute atomic E-state index is 12.0. The maximum atomic E-state index is 12.0. The molecule has 0 bridgehead atoms. The molecule has 1 rings (SSSR count). The molecule has 1 saturated heterocycles. The Morgan fingerprint density at radius 3 is 2.18 bits per heavy atom. The van der Waals surface area contributed by atoms with Crippen LogP contribution in [0.25, 0.3) is 0 Å². The summed E-state index contributed by atoms with van der Waals surface area (Å²) in [6.45, 7) is 2.70. The highest BCUT2D eigenvalue weighted by molar-refractivity contribution is 5.76. The van der Waals surface area contributed by atoms with Gasteiger partial charge in [0, 0.05) is 53.2 Å². The largest absolute Gasteiger partial charge is 0.469 e. The number of urea groups is 2. The molecule has 0 unspecified atom stereocenters. The van der Waals surface area contributed by atoms with Crippen molar-refractivity contribution < 1.29 is 19.1 Å². The molecule has 0 aromatic carbocycles. The highest BCUT2D eigenvalue weighted by Crippen LogP contribution is 2.04. The number of carbonyl (C=O) groups excluding carboxylic acids is 3. The number of ether oxygens (including phenoxy) is 1. The smallest absolute Gasteiger partial charge is 0.319 e. The fraction of sp³-hybridized carbons (Fsp3) is 0.786. The van der Waals surface area contributed by atoms with Gasteiger partial charge in [0.05, 0.1) is 7.11 Å². The summed E-state index contributed by atoms with van der Waals surface area (Å²) in [5.41, 5.74) is 0. The third kappa shape index (κ3) is 5.79. The molecule has 8 heteroatoms. The summed E-state index contributed by atoms with van der Waals surface area (Å²) >= 11 is 0. The molecule has 0 spiro atoms. The minimum absolute atomic E-state index is 0.0251. The van der Waals surface area contributed by atoms with Gasteiger partial charge < -0.3 is 24.8 Å². The number of hydrogen-bond donors (Lipinski definition) is 1. The van der Waals surface area contributed by atoms with Gasteiger partial charge in [0.2, 0.25) is 0 Å². The van der Waals surface area contributed by atoms with Gasteiger partial charge >= 0.3 is 18.0 Å². The molecule has 1 fully saturated rings. The van der Waals surface area contributed by atoms with Crippen LogP contribution in [0.5, 0.6) is 0 Å². The van der Waals surface area contributed by atoms with E-state index in [9.17, 15) is 14.4 Å². The van der Waals surface area contributed by atoms with Crippen LogP contribution in [0, 0.1) is 0 Å². The molecule has 4 amide bonds. The molecule has 1 aliphatic rings. The predicted molar refractivity (Wildman–Crippen MR) is 81.5 cm³/mol. The van der Waals surface area contributed by atoms with Crippen LogP contribution in [0.4, 0.5) is 9.59 Å². The van der Waals surface area contributed by atoms with E-state index >= 15 is 0 Å². The quantitative estimate of drug-likeness (QED) is 0.586. The van der Waals surface area contributed by atoms with Gasteiger partial charge in [0.15, 0.2) is 0 Å². The van der Waals surface area contributed by atoms with E-state index in [0.717, 1.165) is 6.42 Å². The van der Waals surface area contributed by atoms with Crippen LogP contribution in [0.15, 0.2) is 0 Å². The average Bonchev–Trinajstić information content (AvgIpc) is 2.53. The van der Waals surface area contributed by atoms with Crippen molar-refractivity contribution in [1.82, 2.24) is 20.0 Å². The zero-order chi connectivity index (χ0) is 16.5. The van der Waals surface area contributed by atoms with E-state index in [1.54, 1.807) is 23.9 Å². The van der Waals surface area contributed by atoms with Crippen molar-refractivity contribution in [3.05, 3.63) is 0 Å². The molecule has 0 atom stereocenters. The summed E-state index contributed by atoms with van der Waals surface area (Å²) in [6.07, 6.45) is 1.80. The molecule has 22 heavy (non-hydrogen) atoms. The fourth-order valence-electron chi connectivity index (χ4n) is 2.19. The number of methoxy groups -OCH3 is 1. The van der Waals surface area contributed by atoms with Crippen molar-refractivity contribution >= 4 is 18.0 Å². The van der Waals surface area contributed by atoms with E-state index in [2.05, 4.69) is 10.1 Å². The van der Waals surface area contributed by atoms with Crippen LogP contribution in [-0.4, -0.2) is 86.7 Å². The molecule has 0 radical (unpaired) electrons. The lowest BCUT2D eigenvalue weighted by molar-refractivity contribution is -0.140. The van der Waals surface area contributed by atoms with Crippen molar-refractivity contribution in [3.8, 4) is 0 Å². The number of rotatable bonds is 5. The second-order valence-corrected chi connectivity index (χ2v) is 5.42. The minimum atomic E-state index is -0.229. The monoisotopic (exact) mass is 314 g/mol. The van der Waals surface area contributed by atoms with E-state index in [1.165, 1.54) is 12.0 Å². The number of esters is 1. The SMILES string of the molecule is COC(=O)CCCCNC(=O)N1CCN(C(=O)N(C)C)CC1. The van der Waals surface area contributed by atoms with Crippen LogP contribution < -0.4 is 5.32 Å². The number of nitrogens with one attached hydrogen (secondary N) is 1. The van der Waals surface area contributed by atoms with Gasteiger partial charge in [-0.3, -0.25) is 4.79 Å². The summed E-state index contributed by atoms with van der Waals surface area (Å²) < 4.78 is 4.55. The average molecular weight is 314 g/mol. The number of unbranched alkanes of at least 4 members (excludes halogenated alkanes) is 1. The van der Waals surface area contributed by atoms with E-state index in [4.69, 9.17) is 0 Å². The van der Waals surface area contributed by atoms with Crippen LogP contribution in [-0.2, 0) is 9.53 Å². The zero-order valence-corrected chi connectivity index (χ0v) is 13.6. The Morgan fingerprint density at radius 1 is 1.05 bits per heavy atom. The van der Waals surface area contributed by atoms with Gasteiger partial charge in [-0.1, -0.05) is 0 Å². The molecular formula is C14H26N4O4. The molecule has 1 N–H and O–H groups in total. The van der Waals surface area contributed by atoms with E-state index in [-0.39, 0.29) is 18.0 Å². The van der Waals surface area contributed by atoms with E-state index in [0.29, 0.717) is 45.6 Å². The van der Waals surface area contributed by atoms with Crippen LogP contribution in [0.3, 0.4) is 0 Å². The lowest BCUT2D eigenvalue weighted by atomic mass is 10.2. The number of piperazine rings is 1. The van der Waals surface area contributed by atoms with E-state index < -0.39 is 0 Å². The standard InChI is InChI=1S/C14H26N4O4/c1-16(2)14(21)18-10-8-17(9-11-18)13(20)15-7-5-4-6-12(19)22-3/h4-11H2,1-3H3,(H,15,20). The zero-order valence-electron chi connectivity index (χ0n) is 13.6. The van der Waals surface area contributed by atoms with Crippen LogP contribution in [0.2, 0.25) is 0 Å². The van der Waals surface area contributed by atoms with Gasteiger partial charge in [-0.25, -0.2) is 9.59 Å². The Hall–Kier alpha value is -1.99. The summed E-state index contributed by atoms with van der Waals surface area (Å²) in [5, 5.41) is 2.83.